The minimum atomic E-state index is -0.231. The van der Waals surface area contributed by atoms with Crippen LogP contribution in [0.5, 0.6) is 11.5 Å². The first-order valence-corrected chi connectivity index (χ1v) is 6.39. The van der Waals surface area contributed by atoms with Crippen molar-refractivity contribution in [1.29, 1.82) is 0 Å². The average Bonchev–Trinajstić information content (AvgIpc) is 2.94. The molecular formula is C16H16O3. The largest absolute Gasteiger partial charge is 0.457 e. The van der Waals surface area contributed by atoms with Gasteiger partial charge < -0.3 is 14.2 Å². The summed E-state index contributed by atoms with van der Waals surface area (Å²) in [5, 5.41) is 0. The maximum absolute atomic E-state index is 5.80. The Labute approximate surface area is 112 Å². The lowest BCUT2D eigenvalue weighted by Gasteiger charge is -2.14. The lowest BCUT2D eigenvalue weighted by Crippen LogP contribution is -2.00. The van der Waals surface area contributed by atoms with Crippen molar-refractivity contribution >= 4 is 0 Å². The number of ether oxygens (including phenoxy) is 3. The second-order valence-corrected chi connectivity index (χ2v) is 4.51. The van der Waals surface area contributed by atoms with Gasteiger partial charge >= 0.3 is 0 Å². The Morgan fingerprint density at radius 1 is 0.947 bits per heavy atom. The van der Waals surface area contributed by atoms with Crippen molar-refractivity contribution in [3.63, 3.8) is 0 Å². The van der Waals surface area contributed by atoms with Crippen molar-refractivity contribution in [1.82, 2.24) is 0 Å². The van der Waals surface area contributed by atoms with E-state index in [1.807, 2.05) is 55.5 Å². The Bertz CT molecular complexity index is 545. The molecule has 0 aliphatic carbocycles. The molecule has 3 rings (SSSR count). The van der Waals surface area contributed by atoms with Gasteiger partial charge in [-0.2, -0.15) is 0 Å². The molecule has 19 heavy (non-hydrogen) atoms. The topological polar surface area (TPSA) is 27.7 Å². The van der Waals surface area contributed by atoms with E-state index < -0.39 is 0 Å². The van der Waals surface area contributed by atoms with E-state index in [2.05, 4.69) is 0 Å². The highest BCUT2D eigenvalue weighted by Gasteiger charge is 2.20. The third-order valence-electron chi connectivity index (χ3n) is 3.10. The lowest BCUT2D eigenvalue weighted by atomic mass is 10.1. The van der Waals surface area contributed by atoms with Gasteiger partial charge in [0.1, 0.15) is 11.5 Å². The second kappa shape index (κ2) is 5.43. The quantitative estimate of drug-likeness (QED) is 0.835. The zero-order valence-corrected chi connectivity index (χ0v) is 10.8. The molecule has 1 fully saturated rings. The Morgan fingerprint density at radius 2 is 1.68 bits per heavy atom. The molecule has 1 heterocycles. The van der Waals surface area contributed by atoms with Crippen molar-refractivity contribution in [2.75, 3.05) is 13.2 Å². The van der Waals surface area contributed by atoms with Crippen LogP contribution in [0, 0.1) is 6.92 Å². The van der Waals surface area contributed by atoms with Crippen LogP contribution in [0.1, 0.15) is 17.4 Å². The Morgan fingerprint density at radius 3 is 2.37 bits per heavy atom. The van der Waals surface area contributed by atoms with Crippen LogP contribution in [0.4, 0.5) is 0 Å². The van der Waals surface area contributed by atoms with E-state index in [9.17, 15) is 0 Å². The highest BCUT2D eigenvalue weighted by atomic mass is 16.7. The van der Waals surface area contributed by atoms with E-state index in [4.69, 9.17) is 14.2 Å². The van der Waals surface area contributed by atoms with Crippen molar-refractivity contribution in [2.24, 2.45) is 0 Å². The molecule has 0 saturated carbocycles. The van der Waals surface area contributed by atoms with Gasteiger partial charge in [0.2, 0.25) is 0 Å². The van der Waals surface area contributed by atoms with Crippen molar-refractivity contribution < 1.29 is 14.2 Å². The average molecular weight is 256 g/mol. The fraction of sp³-hybridized carbons (Fsp3) is 0.250. The molecule has 0 unspecified atom stereocenters. The van der Waals surface area contributed by atoms with Gasteiger partial charge in [0.25, 0.3) is 0 Å². The molecule has 1 aliphatic rings. The van der Waals surface area contributed by atoms with E-state index in [0.717, 1.165) is 22.6 Å². The van der Waals surface area contributed by atoms with E-state index in [0.29, 0.717) is 13.2 Å². The predicted octanol–water partition coefficient (Wildman–Crippen LogP) is 3.83. The van der Waals surface area contributed by atoms with Crippen LogP contribution in [0.2, 0.25) is 0 Å². The molecule has 1 aliphatic heterocycles. The van der Waals surface area contributed by atoms with Crippen LogP contribution < -0.4 is 4.74 Å². The van der Waals surface area contributed by atoms with Crippen LogP contribution >= 0.6 is 0 Å². The molecule has 3 heteroatoms. The van der Waals surface area contributed by atoms with Crippen LogP contribution in [-0.4, -0.2) is 13.2 Å². The van der Waals surface area contributed by atoms with Gasteiger partial charge in [-0.05, 0) is 42.8 Å². The van der Waals surface area contributed by atoms with Crippen molar-refractivity contribution in [3.8, 4) is 11.5 Å². The second-order valence-electron chi connectivity index (χ2n) is 4.51. The standard InChI is InChI=1S/C16H16O3/c1-12-11-14(19-13-5-3-2-4-6-13)7-8-15(12)16-17-9-10-18-16/h2-8,11,16H,9-10H2,1H3. The molecule has 0 radical (unpaired) electrons. The number of para-hydroxylation sites is 1. The summed E-state index contributed by atoms with van der Waals surface area (Å²) < 4.78 is 16.8. The summed E-state index contributed by atoms with van der Waals surface area (Å²) in [7, 11) is 0. The van der Waals surface area contributed by atoms with Crippen LogP contribution in [-0.2, 0) is 9.47 Å². The normalized spacial score (nSPS) is 15.6. The van der Waals surface area contributed by atoms with Gasteiger partial charge in [-0.1, -0.05) is 18.2 Å². The third-order valence-corrected chi connectivity index (χ3v) is 3.10. The van der Waals surface area contributed by atoms with E-state index in [1.54, 1.807) is 0 Å². The van der Waals surface area contributed by atoms with Crippen LogP contribution in [0.3, 0.4) is 0 Å². The van der Waals surface area contributed by atoms with E-state index >= 15 is 0 Å². The SMILES string of the molecule is Cc1cc(Oc2ccccc2)ccc1C1OCCO1. The third kappa shape index (κ3) is 2.78. The molecule has 0 bridgehead atoms. The molecule has 2 aromatic rings. The number of rotatable bonds is 3. The van der Waals surface area contributed by atoms with Crippen LogP contribution in [0.25, 0.3) is 0 Å². The zero-order valence-electron chi connectivity index (χ0n) is 10.8. The van der Waals surface area contributed by atoms with Gasteiger partial charge in [-0.3, -0.25) is 0 Å². The maximum Gasteiger partial charge on any atom is 0.184 e. The molecule has 0 amide bonds. The molecule has 0 N–H and O–H groups in total. The smallest absolute Gasteiger partial charge is 0.184 e. The zero-order chi connectivity index (χ0) is 13.1. The van der Waals surface area contributed by atoms with Gasteiger partial charge in [-0.15, -0.1) is 0 Å². The summed E-state index contributed by atoms with van der Waals surface area (Å²) in [6.07, 6.45) is -0.231. The number of hydrogen-bond donors (Lipinski definition) is 0. The molecule has 0 aromatic heterocycles. The first-order valence-electron chi connectivity index (χ1n) is 6.39. The minimum Gasteiger partial charge on any atom is -0.457 e. The van der Waals surface area contributed by atoms with Crippen LogP contribution in [0.15, 0.2) is 48.5 Å². The minimum absolute atomic E-state index is 0.231. The highest BCUT2D eigenvalue weighted by molar-refractivity contribution is 5.38. The number of benzene rings is 2. The number of hydrogen-bond acceptors (Lipinski definition) is 3. The highest BCUT2D eigenvalue weighted by Crippen LogP contribution is 2.30. The fourth-order valence-electron chi connectivity index (χ4n) is 2.14. The fourth-order valence-corrected chi connectivity index (χ4v) is 2.14. The molecular weight excluding hydrogens is 240 g/mol. The summed E-state index contributed by atoms with van der Waals surface area (Å²) in [6.45, 7) is 3.36. The first-order chi connectivity index (χ1) is 9.33. The van der Waals surface area contributed by atoms with Gasteiger partial charge in [0, 0.05) is 5.56 Å². The molecule has 3 nitrogen and oxygen atoms in total. The lowest BCUT2D eigenvalue weighted by molar-refractivity contribution is -0.0445. The van der Waals surface area contributed by atoms with Gasteiger partial charge in [0.05, 0.1) is 13.2 Å². The van der Waals surface area contributed by atoms with Gasteiger partial charge in [0.15, 0.2) is 6.29 Å². The van der Waals surface area contributed by atoms with E-state index in [1.165, 1.54) is 0 Å². The predicted molar refractivity (Wildman–Crippen MR) is 72.3 cm³/mol. The van der Waals surface area contributed by atoms with Gasteiger partial charge in [-0.25, -0.2) is 0 Å². The Kier molecular flexibility index (Phi) is 3.49. The monoisotopic (exact) mass is 256 g/mol. The summed E-state index contributed by atoms with van der Waals surface area (Å²) in [5.41, 5.74) is 2.18. The van der Waals surface area contributed by atoms with Crippen molar-refractivity contribution in [3.05, 3.63) is 59.7 Å². The summed E-state index contributed by atoms with van der Waals surface area (Å²) >= 11 is 0. The Hall–Kier alpha value is -1.84. The number of aryl methyl sites for hydroxylation is 1. The first kappa shape index (κ1) is 12.2. The Balaban J connectivity index is 1.79. The molecule has 2 aromatic carbocycles. The molecule has 0 spiro atoms. The summed E-state index contributed by atoms with van der Waals surface area (Å²) in [5.74, 6) is 1.66. The van der Waals surface area contributed by atoms with Crippen molar-refractivity contribution in [2.45, 2.75) is 13.2 Å². The molecule has 0 atom stereocenters. The molecule has 1 saturated heterocycles. The summed E-state index contributed by atoms with van der Waals surface area (Å²) in [4.78, 5) is 0. The van der Waals surface area contributed by atoms with E-state index in [-0.39, 0.29) is 6.29 Å². The maximum atomic E-state index is 5.80. The summed E-state index contributed by atoms with van der Waals surface area (Å²) in [6, 6.07) is 15.7. The molecule has 98 valence electrons.